The third-order valence-corrected chi connectivity index (χ3v) is 5.26. The van der Waals surface area contributed by atoms with Gasteiger partial charge in [-0.15, -0.1) is 0 Å². The van der Waals surface area contributed by atoms with Crippen molar-refractivity contribution in [1.82, 2.24) is 4.57 Å². The van der Waals surface area contributed by atoms with E-state index in [-0.39, 0.29) is 5.56 Å². The Hall–Kier alpha value is -1.10. The molecule has 0 spiro atoms. The summed E-state index contributed by atoms with van der Waals surface area (Å²) in [5, 5.41) is 0. The van der Waals surface area contributed by atoms with Gasteiger partial charge in [0.15, 0.2) is 0 Å². The van der Waals surface area contributed by atoms with Crippen LogP contribution in [0.25, 0.3) is 0 Å². The summed E-state index contributed by atoms with van der Waals surface area (Å²) in [5.74, 6) is 2.18. The normalized spacial score (nSPS) is 17.7. The van der Waals surface area contributed by atoms with Crippen molar-refractivity contribution in [1.29, 1.82) is 0 Å². The molecule has 19 heavy (non-hydrogen) atoms. The van der Waals surface area contributed by atoms with Gasteiger partial charge in [-0.3, -0.25) is 9.00 Å². The van der Waals surface area contributed by atoms with E-state index in [1.807, 2.05) is 0 Å². The number of nitrogen functional groups attached to an aromatic ring is 1. The number of aromatic nitrogens is 1. The fourth-order valence-electron chi connectivity index (χ4n) is 2.64. The van der Waals surface area contributed by atoms with Crippen molar-refractivity contribution >= 4 is 16.5 Å². The lowest BCUT2D eigenvalue weighted by Gasteiger charge is -2.09. The molecule has 1 heterocycles. The third-order valence-electron chi connectivity index (χ3n) is 3.67. The standard InChI is InChI=1S/C14H22N2O2S/c15-13-6-7-14(17)16(10-13)8-3-9-19(18)11-12-4-1-2-5-12/h6-7,10,12H,1-5,8-9,11,15H2. The molecule has 0 amide bonds. The van der Waals surface area contributed by atoms with Crippen LogP contribution in [0.5, 0.6) is 0 Å². The predicted molar refractivity (Wildman–Crippen MR) is 79.6 cm³/mol. The molecule has 1 unspecified atom stereocenters. The Kier molecular flexibility index (Phi) is 5.19. The highest BCUT2D eigenvalue weighted by Crippen LogP contribution is 2.25. The number of anilines is 1. The molecule has 0 radical (unpaired) electrons. The second-order valence-electron chi connectivity index (χ2n) is 5.31. The smallest absolute Gasteiger partial charge is 0.250 e. The monoisotopic (exact) mass is 282 g/mol. The van der Waals surface area contributed by atoms with Crippen LogP contribution in [-0.4, -0.2) is 20.3 Å². The average Bonchev–Trinajstić information content (AvgIpc) is 2.86. The van der Waals surface area contributed by atoms with Gasteiger partial charge in [0, 0.05) is 46.8 Å². The Morgan fingerprint density at radius 2 is 2.05 bits per heavy atom. The fraction of sp³-hybridized carbons (Fsp3) is 0.643. The molecule has 0 aromatic carbocycles. The van der Waals surface area contributed by atoms with Crippen LogP contribution in [0.15, 0.2) is 23.1 Å². The lowest BCUT2D eigenvalue weighted by molar-refractivity contribution is 0.599. The molecule has 5 heteroatoms. The maximum absolute atomic E-state index is 11.9. The second kappa shape index (κ2) is 6.89. The van der Waals surface area contributed by atoms with Crippen LogP contribution in [0.4, 0.5) is 5.69 Å². The van der Waals surface area contributed by atoms with Crippen LogP contribution >= 0.6 is 0 Å². The highest BCUT2D eigenvalue weighted by Gasteiger charge is 2.17. The number of hydrogen-bond acceptors (Lipinski definition) is 3. The molecular weight excluding hydrogens is 260 g/mol. The summed E-state index contributed by atoms with van der Waals surface area (Å²) in [5.41, 5.74) is 6.19. The van der Waals surface area contributed by atoms with Gasteiger partial charge in [0.25, 0.3) is 5.56 Å². The van der Waals surface area contributed by atoms with Gasteiger partial charge in [-0.2, -0.15) is 0 Å². The minimum Gasteiger partial charge on any atom is -0.398 e. The third kappa shape index (κ3) is 4.49. The Morgan fingerprint density at radius 3 is 2.79 bits per heavy atom. The van der Waals surface area contributed by atoms with Gasteiger partial charge in [-0.1, -0.05) is 12.8 Å². The van der Waals surface area contributed by atoms with E-state index >= 15 is 0 Å². The zero-order chi connectivity index (χ0) is 13.7. The van der Waals surface area contributed by atoms with Crippen molar-refractivity contribution in [2.24, 2.45) is 5.92 Å². The van der Waals surface area contributed by atoms with Crippen LogP contribution in [-0.2, 0) is 17.3 Å². The number of pyridine rings is 1. The fourth-order valence-corrected chi connectivity index (χ4v) is 4.12. The van der Waals surface area contributed by atoms with Crippen molar-refractivity contribution in [3.8, 4) is 0 Å². The first kappa shape index (κ1) is 14.3. The van der Waals surface area contributed by atoms with Crippen LogP contribution in [0, 0.1) is 5.92 Å². The Labute approximate surface area is 116 Å². The molecule has 1 aliphatic carbocycles. The van der Waals surface area contributed by atoms with E-state index in [1.165, 1.54) is 31.7 Å². The largest absolute Gasteiger partial charge is 0.398 e. The van der Waals surface area contributed by atoms with Crippen molar-refractivity contribution < 1.29 is 4.21 Å². The summed E-state index contributed by atoms with van der Waals surface area (Å²) in [7, 11) is -0.742. The maximum atomic E-state index is 11.9. The van der Waals surface area contributed by atoms with Crippen LogP contribution in [0.1, 0.15) is 32.1 Å². The summed E-state index contributed by atoms with van der Waals surface area (Å²) in [4.78, 5) is 11.6. The highest BCUT2D eigenvalue weighted by molar-refractivity contribution is 7.84. The molecule has 106 valence electrons. The molecular formula is C14H22N2O2S. The van der Waals surface area contributed by atoms with Crippen molar-refractivity contribution in [3.05, 3.63) is 28.7 Å². The summed E-state index contributed by atoms with van der Waals surface area (Å²) < 4.78 is 13.5. The minimum atomic E-state index is -0.742. The van der Waals surface area contributed by atoms with Gasteiger partial charge >= 0.3 is 0 Å². The molecule has 1 atom stereocenters. The van der Waals surface area contributed by atoms with Crippen molar-refractivity contribution in [2.75, 3.05) is 17.2 Å². The number of aryl methyl sites for hydroxylation is 1. The molecule has 1 fully saturated rings. The summed E-state index contributed by atoms with van der Waals surface area (Å²) in [6.45, 7) is 0.598. The molecule has 0 saturated heterocycles. The summed E-state index contributed by atoms with van der Waals surface area (Å²) >= 11 is 0. The van der Waals surface area contributed by atoms with E-state index in [4.69, 9.17) is 5.73 Å². The van der Waals surface area contributed by atoms with E-state index in [0.717, 1.165) is 12.2 Å². The molecule has 2 N–H and O–H groups in total. The van der Waals surface area contributed by atoms with Gasteiger partial charge in [0.2, 0.25) is 0 Å². The molecule has 0 bridgehead atoms. The van der Waals surface area contributed by atoms with E-state index in [2.05, 4.69) is 0 Å². The number of nitrogens with zero attached hydrogens (tertiary/aromatic N) is 1. The molecule has 2 rings (SSSR count). The zero-order valence-electron chi connectivity index (χ0n) is 11.2. The van der Waals surface area contributed by atoms with Gasteiger partial charge in [-0.25, -0.2) is 0 Å². The molecule has 1 aromatic heterocycles. The molecule has 1 aromatic rings. The van der Waals surface area contributed by atoms with Gasteiger partial charge in [-0.05, 0) is 31.2 Å². The first-order valence-corrected chi connectivity index (χ1v) is 8.45. The number of rotatable bonds is 6. The van der Waals surface area contributed by atoms with Gasteiger partial charge in [0.1, 0.15) is 0 Å². The van der Waals surface area contributed by atoms with Crippen molar-refractivity contribution in [2.45, 2.75) is 38.6 Å². The average molecular weight is 282 g/mol. The van der Waals surface area contributed by atoms with Crippen LogP contribution < -0.4 is 11.3 Å². The summed E-state index contributed by atoms with van der Waals surface area (Å²) in [6, 6.07) is 3.09. The van der Waals surface area contributed by atoms with Gasteiger partial charge in [0.05, 0.1) is 0 Å². The summed E-state index contributed by atoms with van der Waals surface area (Å²) in [6.07, 6.45) is 7.48. The lowest BCUT2D eigenvalue weighted by Crippen LogP contribution is -2.20. The zero-order valence-corrected chi connectivity index (χ0v) is 12.0. The minimum absolute atomic E-state index is 0.0456. The second-order valence-corrected chi connectivity index (χ2v) is 6.93. The van der Waals surface area contributed by atoms with Crippen LogP contribution in [0.2, 0.25) is 0 Å². The Morgan fingerprint density at radius 1 is 1.32 bits per heavy atom. The van der Waals surface area contributed by atoms with Gasteiger partial charge < -0.3 is 10.3 Å². The molecule has 0 aliphatic heterocycles. The quantitative estimate of drug-likeness (QED) is 0.864. The molecule has 1 aliphatic rings. The van der Waals surface area contributed by atoms with E-state index in [1.54, 1.807) is 16.8 Å². The Bertz CT molecular complexity index is 492. The molecule has 1 saturated carbocycles. The van der Waals surface area contributed by atoms with Crippen molar-refractivity contribution in [3.63, 3.8) is 0 Å². The SMILES string of the molecule is Nc1ccc(=O)n(CCCS(=O)CC2CCCC2)c1. The first-order chi connectivity index (χ1) is 9.15. The lowest BCUT2D eigenvalue weighted by atomic mass is 10.1. The molecule has 4 nitrogen and oxygen atoms in total. The number of hydrogen-bond donors (Lipinski definition) is 1. The highest BCUT2D eigenvalue weighted by atomic mass is 32.2. The van der Waals surface area contributed by atoms with Crippen LogP contribution in [0.3, 0.4) is 0 Å². The first-order valence-electron chi connectivity index (χ1n) is 6.96. The predicted octanol–water partition coefficient (Wildman–Crippen LogP) is 1.76. The Balaban J connectivity index is 1.75. The topological polar surface area (TPSA) is 65.1 Å². The van der Waals surface area contributed by atoms with E-state index < -0.39 is 10.8 Å². The van der Waals surface area contributed by atoms with E-state index in [0.29, 0.717) is 23.9 Å². The van der Waals surface area contributed by atoms with E-state index in [9.17, 15) is 9.00 Å². The number of nitrogens with two attached hydrogens (primary N) is 1. The maximum Gasteiger partial charge on any atom is 0.250 e.